The molecule has 0 fully saturated rings. The third kappa shape index (κ3) is 3.39. The van der Waals surface area contributed by atoms with Crippen LogP contribution in [-0.4, -0.2) is 32.2 Å². The van der Waals surface area contributed by atoms with Crippen LogP contribution in [0.4, 0.5) is 11.4 Å². The Hall–Kier alpha value is -3.06. The molecule has 0 saturated heterocycles. The minimum Gasteiger partial charge on any atom is -0.322 e. The van der Waals surface area contributed by atoms with Gasteiger partial charge in [-0.3, -0.25) is 14.5 Å². The first kappa shape index (κ1) is 20.2. The van der Waals surface area contributed by atoms with E-state index in [0.29, 0.717) is 11.4 Å². The number of fused-ring (bicyclic) bond motifs is 1. The van der Waals surface area contributed by atoms with E-state index >= 15 is 0 Å². The molecule has 4 rings (SSSR count). The van der Waals surface area contributed by atoms with Gasteiger partial charge in [-0.1, -0.05) is 54.2 Å². The number of hydrogen-bond donors (Lipinski definition) is 1. The molecule has 1 atom stereocenters. The van der Waals surface area contributed by atoms with Crippen LogP contribution in [0.25, 0.3) is 11.3 Å². The van der Waals surface area contributed by atoms with E-state index in [4.69, 9.17) is 0 Å². The Bertz CT molecular complexity index is 1110. The number of anilines is 2. The fourth-order valence-corrected chi connectivity index (χ4v) is 4.51. The maximum atomic E-state index is 13.5. The molecule has 30 heavy (non-hydrogen) atoms. The normalized spacial score (nSPS) is 16.0. The number of para-hydroxylation sites is 2. The lowest BCUT2D eigenvalue weighted by molar-refractivity contribution is -0.126. The van der Waals surface area contributed by atoms with Crippen LogP contribution in [0, 0.1) is 0 Å². The van der Waals surface area contributed by atoms with E-state index in [2.05, 4.69) is 10.3 Å². The summed E-state index contributed by atoms with van der Waals surface area (Å²) in [5.74, 6) is -0.327. The van der Waals surface area contributed by atoms with Crippen LogP contribution in [-0.2, 0) is 16.6 Å². The predicted molar refractivity (Wildman–Crippen MR) is 121 cm³/mol. The van der Waals surface area contributed by atoms with Gasteiger partial charge in [0.05, 0.1) is 28.5 Å². The molecule has 7 heteroatoms. The summed E-state index contributed by atoms with van der Waals surface area (Å²) < 4.78 is 1.99. The molecule has 2 amide bonds. The fourth-order valence-electron chi connectivity index (χ4n) is 3.62. The zero-order chi connectivity index (χ0) is 21.5. The third-order valence-electron chi connectivity index (χ3n) is 5.37. The predicted octanol–water partition coefficient (Wildman–Crippen LogP) is 4.33. The number of carbonyl (C=O) groups excluding carboxylic acids is 2. The van der Waals surface area contributed by atoms with Crippen LogP contribution in [0.1, 0.15) is 20.8 Å². The Labute approximate surface area is 180 Å². The minimum atomic E-state index is -0.989. The van der Waals surface area contributed by atoms with Crippen LogP contribution < -0.4 is 10.2 Å². The van der Waals surface area contributed by atoms with Gasteiger partial charge in [0.1, 0.15) is 5.54 Å². The summed E-state index contributed by atoms with van der Waals surface area (Å²) >= 11 is 1.39. The van der Waals surface area contributed by atoms with Gasteiger partial charge in [0.25, 0.3) is 0 Å². The van der Waals surface area contributed by atoms with Crippen molar-refractivity contribution in [2.45, 2.75) is 36.7 Å². The summed E-state index contributed by atoms with van der Waals surface area (Å²) in [5.41, 5.74) is 2.43. The fraction of sp³-hybridized carbons (Fsp3) is 0.261. The van der Waals surface area contributed by atoms with Crippen molar-refractivity contribution in [1.29, 1.82) is 0 Å². The largest absolute Gasteiger partial charge is 0.322 e. The topological polar surface area (TPSA) is 67.2 Å². The first-order valence-electron chi connectivity index (χ1n) is 9.79. The second kappa shape index (κ2) is 7.65. The SMILES string of the molecule is CC(Sc1ncc(-c2ccccc2)n1C)C(=O)N1c2ccccc2NC(=O)C1(C)C. The van der Waals surface area contributed by atoms with E-state index in [-0.39, 0.29) is 11.8 Å². The molecule has 2 aromatic carbocycles. The molecule has 0 radical (unpaired) electrons. The van der Waals surface area contributed by atoms with Crippen molar-refractivity contribution < 1.29 is 9.59 Å². The molecule has 1 aliphatic rings. The number of benzene rings is 2. The smallest absolute Gasteiger partial charge is 0.250 e. The second-order valence-corrected chi connectivity index (χ2v) is 9.12. The molecule has 3 aromatic rings. The number of aromatic nitrogens is 2. The maximum Gasteiger partial charge on any atom is 0.250 e. The molecule has 1 aliphatic heterocycles. The Balaban J connectivity index is 1.62. The molecule has 2 heterocycles. The first-order chi connectivity index (χ1) is 14.3. The summed E-state index contributed by atoms with van der Waals surface area (Å²) in [6.45, 7) is 5.39. The van der Waals surface area contributed by atoms with Gasteiger partial charge in [0.2, 0.25) is 11.8 Å². The van der Waals surface area contributed by atoms with E-state index in [1.165, 1.54) is 11.8 Å². The molecule has 0 aliphatic carbocycles. The lowest BCUT2D eigenvalue weighted by Crippen LogP contribution is -2.60. The Morgan fingerprint density at radius 3 is 2.50 bits per heavy atom. The van der Waals surface area contributed by atoms with Gasteiger partial charge in [0.15, 0.2) is 5.16 Å². The maximum absolute atomic E-state index is 13.5. The van der Waals surface area contributed by atoms with Gasteiger partial charge in [-0.25, -0.2) is 4.98 Å². The lowest BCUT2D eigenvalue weighted by Gasteiger charge is -2.43. The van der Waals surface area contributed by atoms with Crippen LogP contribution in [0.3, 0.4) is 0 Å². The zero-order valence-corrected chi connectivity index (χ0v) is 18.2. The van der Waals surface area contributed by atoms with Gasteiger partial charge in [-0.05, 0) is 38.5 Å². The monoisotopic (exact) mass is 420 g/mol. The summed E-state index contributed by atoms with van der Waals surface area (Å²) in [6.07, 6.45) is 1.82. The quantitative estimate of drug-likeness (QED) is 0.638. The molecule has 1 aromatic heterocycles. The summed E-state index contributed by atoms with van der Waals surface area (Å²) in [7, 11) is 1.95. The lowest BCUT2D eigenvalue weighted by atomic mass is 9.96. The highest BCUT2D eigenvalue weighted by molar-refractivity contribution is 8.00. The highest BCUT2D eigenvalue weighted by atomic mass is 32.2. The van der Waals surface area contributed by atoms with E-state index in [1.807, 2.05) is 79.3 Å². The highest BCUT2D eigenvalue weighted by Crippen LogP contribution is 2.38. The van der Waals surface area contributed by atoms with Gasteiger partial charge < -0.3 is 9.88 Å². The van der Waals surface area contributed by atoms with Gasteiger partial charge >= 0.3 is 0 Å². The van der Waals surface area contributed by atoms with Crippen LogP contribution >= 0.6 is 11.8 Å². The van der Waals surface area contributed by atoms with Gasteiger partial charge in [0, 0.05) is 7.05 Å². The van der Waals surface area contributed by atoms with E-state index in [1.54, 1.807) is 18.7 Å². The third-order valence-corrected chi connectivity index (χ3v) is 6.52. The molecule has 0 spiro atoms. The van der Waals surface area contributed by atoms with Crippen LogP contribution in [0.5, 0.6) is 0 Å². The minimum absolute atomic E-state index is 0.128. The number of nitrogens with one attached hydrogen (secondary N) is 1. The van der Waals surface area contributed by atoms with E-state index in [0.717, 1.165) is 16.4 Å². The average Bonchev–Trinajstić information content (AvgIpc) is 3.09. The standard InChI is InChI=1S/C23H24N4O2S/c1-15(30-22-24-14-19(26(22)4)16-10-6-5-7-11-16)20(28)27-18-13-9-8-12-17(18)25-21(29)23(27,2)3/h5-15H,1-4H3,(H,25,29). The number of nitrogens with zero attached hydrogens (tertiary/aromatic N) is 3. The van der Waals surface area contributed by atoms with Crippen molar-refractivity contribution in [3.63, 3.8) is 0 Å². The van der Waals surface area contributed by atoms with Crippen molar-refractivity contribution in [1.82, 2.24) is 9.55 Å². The summed E-state index contributed by atoms with van der Waals surface area (Å²) in [6, 6.07) is 17.4. The Morgan fingerprint density at radius 2 is 1.77 bits per heavy atom. The Kier molecular flexibility index (Phi) is 5.15. The van der Waals surface area contributed by atoms with Crippen molar-refractivity contribution in [2.24, 2.45) is 7.05 Å². The second-order valence-electron chi connectivity index (χ2n) is 7.82. The molecule has 1 N–H and O–H groups in total. The average molecular weight is 421 g/mol. The van der Waals surface area contributed by atoms with Crippen LogP contribution in [0.15, 0.2) is 66.0 Å². The number of carbonyl (C=O) groups is 2. The molecule has 6 nitrogen and oxygen atoms in total. The summed E-state index contributed by atoms with van der Waals surface area (Å²) in [5, 5.41) is 3.23. The molecule has 1 unspecified atom stereocenters. The molecular formula is C23H24N4O2S. The van der Waals surface area contributed by atoms with E-state index in [9.17, 15) is 9.59 Å². The molecular weight excluding hydrogens is 396 g/mol. The zero-order valence-electron chi connectivity index (χ0n) is 17.4. The first-order valence-corrected chi connectivity index (χ1v) is 10.7. The van der Waals surface area contributed by atoms with Crippen molar-refractivity contribution in [3.05, 3.63) is 60.8 Å². The van der Waals surface area contributed by atoms with E-state index < -0.39 is 10.8 Å². The number of thioether (sulfide) groups is 1. The number of imidazole rings is 1. The van der Waals surface area contributed by atoms with Gasteiger partial charge in [-0.2, -0.15) is 0 Å². The highest BCUT2D eigenvalue weighted by Gasteiger charge is 2.44. The summed E-state index contributed by atoms with van der Waals surface area (Å²) in [4.78, 5) is 32.3. The van der Waals surface area contributed by atoms with Crippen molar-refractivity contribution in [2.75, 3.05) is 10.2 Å². The molecule has 0 bridgehead atoms. The number of amides is 2. The number of hydrogen-bond acceptors (Lipinski definition) is 4. The molecule has 154 valence electrons. The van der Waals surface area contributed by atoms with Crippen LogP contribution in [0.2, 0.25) is 0 Å². The Morgan fingerprint density at radius 1 is 1.10 bits per heavy atom. The van der Waals surface area contributed by atoms with Gasteiger partial charge in [-0.15, -0.1) is 0 Å². The van der Waals surface area contributed by atoms with Crippen molar-refractivity contribution >= 4 is 35.0 Å². The molecule has 0 saturated carbocycles. The van der Waals surface area contributed by atoms with Crippen molar-refractivity contribution in [3.8, 4) is 11.3 Å². The number of rotatable bonds is 4.